The molecule has 0 aliphatic carbocycles. The second kappa shape index (κ2) is 11.5. The average Bonchev–Trinajstić information content (AvgIpc) is 2.68. The van der Waals surface area contributed by atoms with Crippen LogP contribution in [0.5, 0.6) is 0 Å². The Hall–Kier alpha value is -0.120. The van der Waals surface area contributed by atoms with Crippen LogP contribution in [0.4, 0.5) is 0 Å². The van der Waals surface area contributed by atoms with Crippen LogP contribution < -0.4 is 5.32 Å². The van der Waals surface area contributed by atoms with E-state index in [2.05, 4.69) is 31.0 Å². The fourth-order valence-electron chi connectivity index (χ4n) is 3.21. The first kappa shape index (κ1) is 17.9. The van der Waals surface area contributed by atoms with Gasteiger partial charge in [0.15, 0.2) is 0 Å². The molecule has 2 unspecified atom stereocenters. The normalized spacial score (nSPS) is 22.6. The smallest absolute Gasteiger partial charge is 0.0477 e. The number of hydrogen-bond donors (Lipinski definition) is 1. The van der Waals surface area contributed by atoms with Crippen LogP contribution in [0.15, 0.2) is 0 Å². The molecule has 0 aromatic rings. The highest BCUT2D eigenvalue weighted by atomic mass is 16.5. The molecule has 2 atom stereocenters. The molecular weight excluding hydrogens is 248 g/mol. The lowest BCUT2D eigenvalue weighted by atomic mass is 9.96. The van der Waals surface area contributed by atoms with E-state index in [0.29, 0.717) is 6.04 Å². The summed E-state index contributed by atoms with van der Waals surface area (Å²) in [5, 5.41) is 3.58. The Balaban J connectivity index is 2.11. The minimum atomic E-state index is 0.669. The highest BCUT2D eigenvalue weighted by Crippen LogP contribution is 2.22. The molecule has 1 fully saturated rings. The summed E-state index contributed by atoms with van der Waals surface area (Å²) < 4.78 is 5.36. The fraction of sp³-hybridized carbons (Fsp3) is 1.00. The number of hydrogen-bond acceptors (Lipinski definition) is 3. The van der Waals surface area contributed by atoms with Gasteiger partial charge in [-0.2, -0.15) is 0 Å². The quantitative estimate of drug-likeness (QED) is 0.623. The minimum absolute atomic E-state index is 0.669. The molecule has 1 heterocycles. The summed E-state index contributed by atoms with van der Waals surface area (Å²) in [6.45, 7) is 13.3. The number of rotatable bonds is 10. The van der Waals surface area contributed by atoms with Crippen LogP contribution in [0, 0.1) is 5.92 Å². The van der Waals surface area contributed by atoms with Crippen molar-refractivity contribution in [2.45, 2.75) is 65.3 Å². The molecule has 0 saturated carbocycles. The summed E-state index contributed by atoms with van der Waals surface area (Å²) >= 11 is 0. The zero-order chi connectivity index (χ0) is 14.6. The molecule has 0 spiro atoms. The first-order valence-corrected chi connectivity index (χ1v) is 8.80. The van der Waals surface area contributed by atoms with Crippen molar-refractivity contribution >= 4 is 0 Å². The zero-order valence-corrected chi connectivity index (χ0v) is 14.0. The Kier molecular flexibility index (Phi) is 10.3. The Morgan fingerprint density at radius 3 is 2.85 bits per heavy atom. The third-order valence-corrected chi connectivity index (χ3v) is 4.49. The molecule has 1 aliphatic heterocycles. The maximum atomic E-state index is 5.36. The SMILES string of the molecule is CCCC1CCCN(C(C)CNCCCOCC)CC1. The van der Waals surface area contributed by atoms with Gasteiger partial charge in [-0.05, 0) is 65.1 Å². The Morgan fingerprint density at radius 1 is 1.25 bits per heavy atom. The number of likely N-dealkylation sites (tertiary alicyclic amines) is 1. The first-order valence-electron chi connectivity index (χ1n) is 8.80. The molecule has 0 radical (unpaired) electrons. The second-order valence-corrected chi connectivity index (χ2v) is 6.23. The van der Waals surface area contributed by atoms with E-state index in [1.54, 1.807) is 0 Å². The first-order chi connectivity index (χ1) is 9.77. The topological polar surface area (TPSA) is 24.5 Å². The molecule has 1 N–H and O–H groups in total. The van der Waals surface area contributed by atoms with Gasteiger partial charge >= 0.3 is 0 Å². The Morgan fingerprint density at radius 2 is 2.10 bits per heavy atom. The van der Waals surface area contributed by atoms with Gasteiger partial charge in [0.25, 0.3) is 0 Å². The lowest BCUT2D eigenvalue weighted by Gasteiger charge is -2.28. The summed E-state index contributed by atoms with van der Waals surface area (Å²) in [6.07, 6.45) is 8.14. The van der Waals surface area contributed by atoms with Crippen molar-refractivity contribution in [1.29, 1.82) is 0 Å². The maximum Gasteiger partial charge on any atom is 0.0477 e. The van der Waals surface area contributed by atoms with Crippen molar-refractivity contribution in [3.05, 3.63) is 0 Å². The Bertz CT molecular complexity index is 223. The summed E-state index contributed by atoms with van der Waals surface area (Å²) in [5.74, 6) is 0.983. The van der Waals surface area contributed by atoms with Gasteiger partial charge in [-0.15, -0.1) is 0 Å². The summed E-state index contributed by atoms with van der Waals surface area (Å²) in [7, 11) is 0. The molecule has 3 nitrogen and oxygen atoms in total. The highest BCUT2D eigenvalue weighted by molar-refractivity contribution is 4.75. The summed E-state index contributed by atoms with van der Waals surface area (Å²) in [4.78, 5) is 2.69. The van der Waals surface area contributed by atoms with Gasteiger partial charge in [0, 0.05) is 25.8 Å². The molecule has 1 saturated heterocycles. The van der Waals surface area contributed by atoms with E-state index in [4.69, 9.17) is 4.74 Å². The molecule has 3 heteroatoms. The largest absolute Gasteiger partial charge is 0.382 e. The number of ether oxygens (including phenoxy) is 1. The van der Waals surface area contributed by atoms with Crippen molar-refractivity contribution in [1.82, 2.24) is 10.2 Å². The Labute approximate surface area is 126 Å². The second-order valence-electron chi connectivity index (χ2n) is 6.23. The molecule has 1 rings (SSSR count). The van der Waals surface area contributed by atoms with Gasteiger partial charge in [-0.3, -0.25) is 4.90 Å². The third kappa shape index (κ3) is 7.61. The van der Waals surface area contributed by atoms with E-state index in [-0.39, 0.29) is 0 Å². The van der Waals surface area contributed by atoms with Crippen LogP contribution in [-0.2, 0) is 4.74 Å². The van der Waals surface area contributed by atoms with Gasteiger partial charge in [-0.1, -0.05) is 19.8 Å². The molecule has 0 aromatic carbocycles. The van der Waals surface area contributed by atoms with E-state index in [1.807, 2.05) is 0 Å². The molecule has 120 valence electrons. The number of nitrogens with one attached hydrogen (secondary N) is 1. The van der Waals surface area contributed by atoms with Crippen LogP contribution >= 0.6 is 0 Å². The standard InChI is InChI=1S/C17H36N2O/c1-4-8-17-9-6-12-19(13-10-17)16(3)15-18-11-7-14-20-5-2/h16-18H,4-15H2,1-3H3. The van der Waals surface area contributed by atoms with E-state index >= 15 is 0 Å². The van der Waals surface area contributed by atoms with E-state index < -0.39 is 0 Å². The molecular formula is C17H36N2O. The highest BCUT2D eigenvalue weighted by Gasteiger charge is 2.19. The van der Waals surface area contributed by atoms with Crippen LogP contribution in [-0.4, -0.2) is 50.3 Å². The fourth-order valence-corrected chi connectivity index (χ4v) is 3.21. The molecule has 0 aromatic heterocycles. The van der Waals surface area contributed by atoms with Crippen molar-refractivity contribution in [3.8, 4) is 0 Å². The van der Waals surface area contributed by atoms with Crippen molar-refractivity contribution < 1.29 is 4.74 Å². The molecule has 0 bridgehead atoms. The van der Waals surface area contributed by atoms with Crippen LogP contribution in [0.1, 0.15) is 59.3 Å². The lowest BCUT2D eigenvalue weighted by Crippen LogP contribution is -2.41. The summed E-state index contributed by atoms with van der Waals surface area (Å²) in [5.41, 5.74) is 0. The van der Waals surface area contributed by atoms with Crippen LogP contribution in [0.2, 0.25) is 0 Å². The van der Waals surface area contributed by atoms with Gasteiger partial charge in [0.2, 0.25) is 0 Å². The van der Waals surface area contributed by atoms with Crippen molar-refractivity contribution in [2.75, 3.05) is 39.4 Å². The van der Waals surface area contributed by atoms with Gasteiger partial charge < -0.3 is 10.1 Å². The average molecular weight is 284 g/mol. The predicted molar refractivity (Wildman–Crippen MR) is 87.3 cm³/mol. The maximum absolute atomic E-state index is 5.36. The van der Waals surface area contributed by atoms with E-state index in [9.17, 15) is 0 Å². The summed E-state index contributed by atoms with van der Waals surface area (Å²) in [6, 6.07) is 0.669. The monoisotopic (exact) mass is 284 g/mol. The molecule has 0 amide bonds. The van der Waals surface area contributed by atoms with Crippen molar-refractivity contribution in [2.24, 2.45) is 5.92 Å². The zero-order valence-electron chi connectivity index (χ0n) is 14.0. The molecule has 1 aliphatic rings. The third-order valence-electron chi connectivity index (χ3n) is 4.49. The van der Waals surface area contributed by atoms with Gasteiger partial charge in [-0.25, -0.2) is 0 Å². The van der Waals surface area contributed by atoms with Crippen LogP contribution in [0.3, 0.4) is 0 Å². The van der Waals surface area contributed by atoms with Gasteiger partial charge in [0.05, 0.1) is 0 Å². The van der Waals surface area contributed by atoms with E-state index in [1.165, 1.54) is 45.2 Å². The molecule has 20 heavy (non-hydrogen) atoms. The van der Waals surface area contributed by atoms with Gasteiger partial charge in [0.1, 0.15) is 0 Å². The van der Waals surface area contributed by atoms with Crippen molar-refractivity contribution in [3.63, 3.8) is 0 Å². The van der Waals surface area contributed by atoms with Crippen LogP contribution in [0.25, 0.3) is 0 Å². The predicted octanol–water partition coefficient (Wildman–Crippen LogP) is 3.29. The van der Waals surface area contributed by atoms with E-state index in [0.717, 1.165) is 38.6 Å². The lowest BCUT2D eigenvalue weighted by molar-refractivity contribution is 0.143. The number of nitrogens with zero attached hydrogens (tertiary/aromatic N) is 1. The minimum Gasteiger partial charge on any atom is -0.382 e.